The molecule has 1 heterocycles. The van der Waals surface area contributed by atoms with Gasteiger partial charge in [-0.2, -0.15) is 0 Å². The first-order valence-corrected chi connectivity index (χ1v) is 6.20. The Morgan fingerprint density at radius 3 is 2.65 bits per heavy atom. The molecule has 1 aromatic heterocycles. The lowest BCUT2D eigenvalue weighted by Gasteiger charge is -2.05. The minimum absolute atomic E-state index is 0.175. The predicted molar refractivity (Wildman–Crippen MR) is 77.9 cm³/mol. The number of carbonyl (C=O) groups excluding carboxylic acids is 1. The average Bonchev–Trinajstić information content (AvgIpc) is 2.74. The molecule has 20 heavy (non-hydrogen) atoms. The van der Waals surface area contributed by atoms with Gasteiger partial charge in [0.25, 0.3) is 5.91 Å². The van der Waals surface area contributed by atoms with Gasteiger partial charge in [0, 0.05) is 18.3 Å². The van der Waals surface area contributed by atoms with Crippen LogP contribution in [-0.2, 0) is 7.05 Å². The number of imidazole rings is 1. The smallest absolute Gasteiger partial charge is 0.322 e. The standard InChI is InChI=1S/C15H13N3O2/c1-18-13-8-7-11(9-12(13)17-15(18)20)16-14(19)10-5-3-2-4-6-10/h2-9H,1H3,(H,16,19)(H,17,20). The number of aromatic amines is 1. The van der Waals surface area contributed by atoms with Gasteiger partial charge < -0.3 is 10.3 Å². The van der Waals surface area contributed by atoms with Crippen LogP contribution in [0.3, 0.4) is 0 Å². The Morgan fingerprint density at radius 2 is 1.90 bits per heavy atom. The molecule has 0 radical (unpaired) electrons. The fourth-order valence-corrected chi connectivity index (χ4v) is 2.11. The number of aromatic nitrogens is 2. The van der Waals surface area contributed by atoms with Crippen LogP contribution in [0.5, 0.6) is 0 Å². The number of fused-ring (bicyclic) bond motifs is 1. The Bertz CT molecular complexity index is 831. The Balaban J connectivity index is 1.92. The number of nitrogens with one attached hydrogen (secondary N) is 2. The van der Waals surface area contributed by atoms with E-state index in [0.29, 0.717) is 16.8 Å². The highest BCUT2D eigenvalue weighted by Gasteiger charge is 2.07. The van der Waals surface area contributed by atoms with E-state index in [-0.39, 0.29) is 11.6 Å². The molecule has 3 aromatic rings. The van der Waals surface area contributed by atoms with Gasteiger partial charge in [-0.3, -0.25) is 9.36 Å². The molecule has 0 saturated heterocycles. The second-order valence-corrected chi connectivity index (χ2v) is 4.54. The van der Waals surface area contributed by atoms with Crippen LogP contribution >= 0.6 is 0 Å². The van der Waals surface area contributed by atoms with Crippen molar-refractivity contribution in [3.05, 3.63) is 64.6 Å². The maximum absolute atomic E-state index is 12.0. The minimum atomic E-state index is -0.178. The van der Waals surface area contributed by atoms with Crippen LogP contribution in [0, 0.1) is 0 Å². The van der Waals surface area contributed by atoms with E-state index in [1.165, 1.54) is 4.57 Å². The van der Waals surface area contributed by atoms with Gasteiger partial charge in [0.1, 0.15) is 0 Å². The summed E-state index contributed by atoms with van der Waals surface area (Å²) in [5, 5.41) is 2.81. The van der Waals surface area contributed by atoms with Crippen LogP contribution in [0.25, 0.3) is 11.0 Å². The van der Waals surface area contributed by atoms with E-state index in [4.69, 9.17) is 0 Å². The van der Waals surface area contributed by atoms with Crippen molar-refractivity contribution in [1.82, 2.24) is 9.55 Å². The van der Waals surface area contributed by atoms with Crippen molar-refractivity contribution in [2.45, 2.75) is 0 Å². The highest BCUT2D eigenvalue weighted by Crippen LogP contribution is 2.16. The number of rotatable bonds is 2. The van der Waals surface area contributed by atoms with E-state index in [9.17, 15) is 9.59 Å². The molecule has 0 bridgehead atoms. The summed E-state index contributed by atoms with van der Waals surface area (Å²) in [6, 6.07) is 14.3. The molecule has 1 amide bonds. The molecule has 0 atom stereocenters. The summed E-state index contributed by atoms with van der Waals surface area (Å²) >= 11 is 0. The van der Waals surface area contributed by atoms with Crippen LogP contribution in [0.1, 0.15) is 10.4 Å². The van der Waals surface area contributed by atoms with E-state index >= 15 is 0 Å². The van der Waals surface area contributed by atoms with Crippen LogP contribution < -0.4 is 11.0 Å². The summed E-state index contributed by atoms with van der Waals surface area (Å²) in [7, 11) is 1.70. The van der Waals surface area contributed by atoms with Crippen molar-refractivity contribution in [1.29, 1.82) is 0 Å². The van der Waals surface area contributed by atoms with Gasteiger partial charge in [0.15, 0.2) is 0 Å². The monoisotopic (exact) mass is 267 g/mol. The summed E-state index contributed by atoms with van der Waals surface area (Å²) < 4.78 is 1.53. The SMILES string of the molecule is Cn1c(=O)[nH]c2cc(NC(=O)c3ccccc3)ccc21. The maximum Gasteiger partial charge on any atom is 0.326 e. The quantitative estimate of drug-likeness (QED) is 0.746. The highest BCUT2D eigenvalue weighted by molar-refractivity contribution is 6.04. The second kappa shape index (κ2) is 4.70. The number of benzene rings is 2. The van der Waals surface area contributed by atoms with Gasteiger partial charge >= 0.3 is 5.69 Å². The van der Waals surface area contributed by atoms with E-state index in [1.54, 1.807) is 37.4 Å². The summed E-state index contributed by atoms with van der Waals surface area (Å²) in [5.41, 5.74) is 2.56. The number of nitrogens with zero attached hydrogens (tertiary/aromatic N) is 1. The molecule has 2 N–H and O–H groups in total. The third-order valence-electron chi connectivity index (χ3n) is 3.20. The lowest BCUT2D eigenvalue weighted by atomic mass is 10.2. The van der Waals surface area contributed by atoms with Crippen molar-refractivity contribution < 1.29 is 4.79 Å². The molecular weight excluding hydrogens is 254 g/mol. The normalized spacial score (nSPS) is 10.7. The van der Waals surface area contributed by atoms with E-state index in [2.05, 4.69) is 10.3 Å². The van der Waals surface area contributed by atoms with Gasteiger partial charge in [-0.1, -0.05) is 18.2 Å². The molecule has 0 aliphatic carbocycles. The minimum Gasteiger partial charge on any atom is -0.322 e. The third kappa shape index (κ3) is 2.09. The average molecular weight is 267 g/mol. The van der Waals surface area contributed by atoms with Gasteiger partial charge in [-0.25, -0.2) is 4.79 Å². The summed E-state index contributed by atoms with van der Waals surface area (Å²) in [5.74, 6) is -0.178. The Labute approximate surface area is 114 Å². The molecule has 3 rings (SSSR count). The zero-order valence-corrected chi connectivity index (χ0v) is 10.9. The third-order valence-corrected chi connectivity index (χ3v) is 3.20. The van der Waals surface area contributed by atoms with Crippen LogP contribution in [-0.4, -0.2) is 15.5 Å². The molecule has 0 aliphatic heterocycles. The van der Waals surface area contributed by atoms with E-state index in [1.807, 2.05) is 18.2 Å². The summed E-state index contributed by atoms with van der Waals surface area (Å²) in [6.07, 6.45) is 0. The Kier molecular flexibility index (Phi) is 2.87. The number of H-pyrrole nitrogens is 1. The molecule has 2 aromatic carbocycles. The molecule has 0 spiro atoms. The van der Waals surface area contributed by atoms with Crippen molar-refractivity contribution >= 4 is 22.6 Å². The molecule has 5 nitrogen and oxygen atoms in total. The number of carbonyl (C=O) groups is 1. The van der Waals surface area contributed by atoms with Gasteiger partial charge in [-0.15, -0.1) is 0 Å². The fourth-order valence-electron chi connectivity index (χ4n) is 2.11. The molecule has 0 fully saturated rings. The molecular formula is C15H13N3O2. The number of anilines is 1. The van der Waals surface area contributed by atoms with Crippen LogP contribution in [0.2, 0.25) is 0 Å². The number of amides is 1. The molecule has 100 valence electrons. The lowest BCUT2D eigenvalue weighted by molar-refractivity contribution is 0.102. The van der Waals surface area contributed by atoms with E-state index < -0.39 is 0 Å². The number of hydrogen-bond acceptors (Lipinski definition) is 2. The largest absolute Gasteiger partial charge is 0.326 e. The van der Waals surface area contributed by atoms with Gasteiger partial charge in [-0.05, 0) is 30.3 Å². The van der Waals surface area contributed by atoms with Crippen molar-refractivity contribution in [3.8, 4) is 0 Å². The Hall–Kier alpha value is -2.82. The number of aryl methyl sites for hydroxylation is 1. The number of hydrogen-bond donors (Lipinski definition) is 2. The first-order chi connectivity index (χ1) is 9.65. The van der Waals surface area contributed by atoms with E-state index in [0.717, 1.165) is 5.52 Å². The molecule has 5 heteroatoms. The fraction of sp³-hybridized carbons (Fsp3) is 0.0667. The zero-order valence-electron chi connectivity index (χ0n) is 10.9. The van der Waals surface area contributed by atoms with Crippen molar-refractivity contribution in [3.63, 3.8) is 0 Å². The zero-order chi connectivity index (χ0) is 14.1. The predicted octanol–water partition coefficient (Wildman–Crippen LogP) is 2.12. The first kappa shape index (κ1) is 12.2. The van der Waals surface area contributed by atoms with Gasteiger partial charge in [0.05, 0.1) is 11.0 Å². The molecule has 0 unspecified atom stereocenters. The second-order valence-electron chi connectivity index (χ2n) is 4.54. The summed E-state index contributed by atoms with van der Waals surface area (Å²) in [6.45, 7) is 0. The maximum atomic E-state index is 12.0. The molecule has 0 aliphatic rings. The first-order valence-electron chi connectivity index (χ1n) is 6.20. The van der Waals surface area contributed by atoms with Crippen LogP contribution in [0.4, 0.5) is 5.69 Å². The molecule has 0 saturated carbocycles. The van der Waals surface area contributed by atoms with Gasteiger partial charge in [0.2, 0.25) is 0 Å². The van der Waals surface area contributed by atoms with Crippen LogP contribution in [0.15, 0.2) is 53.3 Å². The highest BCUT2D eigenvalue weighted by atomic mass is 16.2. The lowest BCUT2D eigenvalue weighted by Crippen LogP contribution is -2.11. The van der Waals surface area contributed by atoms with Crippen molar-refractivity contribution in [2.75, 3.05) is 5.32 Å². The topological polar surface area (TPSA) is 66.9 Å². The Morgan fingerprint density at radius 1 is 1.15 bits per heavy atom. The summed E-state index contributed by atoms with van der Waals surface area (Å²) in [4.78, 5) is 26.3. The van der Waals surface area contributed by atoms with Crippen molar-refractivity contribution in [2.24, 2.45) is 7.05 Å².